The van der Waals surface area contributed by atoms with E-state index in [-0.39, 0.29) is 5.54 Å². The number of nitrogens with two attached hydrogens (primary N) is 1. The Morgan fingerprint density at radius 2 is 0.793 bits per heavy atom. The number of hydrogen-bond donors (Lipinski definition) is 2. The molecule has 0 amide bonds. The highest BCUT2D eigenvalue weighted by Gasteiger charge is 2.08. The number of hydrogen-bond acceptors (Lipinski definition) is 2. The van der Waals surface area contributed by atoms with E-state index in [1.165, 1.54) is 128 Å². The van der Waals surface area contributed by atoms with Crippen molar-refractivity contribution in [2.75, 3.05) is 13.1 Å². The maximum absolute atomic E-state index is 5.99. The molecular formula is C27H58N2. The Morgan fingerprint density at radius 1 is 0.483 bits per heavy atom. The lowest BCUT2D eigenvalue weighted by Gasteiger charge is -2.18. The second kappa shape index (κ2) is 22.6. The predicted octanol–water partition coefficient (Wildman–Crippen LogP) is 8.53. The minimum atomic E-state index is -0.0275. The lowest BCUT2D eigenvalue weighted by Crippen LogP contribution is -2.35. The Hall–Kier alpha value is -0.0800. The Balaban J connectivity index is 3.02. The van der Waals surface area contributed by atoms with Crippen LogP contribution in [0.5, 0.6) is 0 Å². The molecule has 0 saturated carbocycles. The van der Waals surface area contributed by atoms with E-state index in [1.54, 1.807) is 0 Å². The van der Waals surface area contributed by atoms with Gasteiger partial charge in [0.2, 0.25) is 0 Å². The van der Waals surface area contributed by atoms with Gasteiger partial charge < -0.3 is 11.1 Å². The van der Waals surface area contributed by atoms with E-state index in [1.807, 2.05) is 0 Å². The first-order chi connectivity index (χ1) is 14.1. The Bertz CT molecular complexity index is 295. The number of unbranched alkanes of at least 4 members (excludes halogenated alkanes) is 19. The normalized spacial score (nSPS) is 12.0. The van der Waals surface area contributed by atoms with E-state index in [9.17, 15) is 0 Å². The van der Waals surface area contributed by atoms with Crippen molar-refractivity contribution in [2.45, 2.75) is 161 Å². The van der Waals surface area contributed by atoms with Crippen molar-refractivity contribution < 1.29 is 0 Å². The van der Waals surface area contributed by atoms with Crippen LogP contribution in [0.3, 0.4) is 0 Å². The molecule has 3 N–H and O–H groups in total. The highest BCUT2D eigenvalue weighted by molar-refractivity contribution is 4.72. The molecule has 0 unspecified atom stereocenters. The quantitative estimate of drug-likeness (QED) is 0.156. The molecular weight excluding hydrogens is 352 g/mol. The standard InChI is InChI=1S/C27H58N2/c1-4-5-6-7-8-9-10-11-12-13-14-15-16-17-18-19-20-21-22-23-25-29-26-24-27(2,3)28/h29H,4-26,28H2,1-3H3. The topological polar surface area (TPSA) is 38.0 Å². The summed E-state index contributed by atoms with van der Waals surface area (Å²) >= 11 is 0. The molecule has 0 aromatic carbocycles. The molecule has 0 aromatic rings. The van der Waals surface area contributed by atoms with Gasteiger partial charge in [-0.2, -0.15) is 0 Å². The third kappa shape index (κ3) is 27.9. The largest absolute Gasteiger partial charge is 0.326 e. The van der Waals surface area contributed by atoms with Crippen molar-refractivity contribution in [3.63, 3.8) is 0 Å². The van der Waals surface area contributed by atoms with E-state index in [2.05, 4.69) is 26.1 Å². The van der Waals surface area contributed by atoms with Crippen LogP contribution < -0.4 is 11.1 Å². The Kier molecular flexibility index (Phi) is 22.5. The molecule has 0 atom stereocenters. The zero-order chi connectivity index (χ0) is 21.5. The van der Waals surface area contributed by atoms with Gasteiger partial charge in [-0.3, -0.25) is 0 Å². The molecule has 0 heterocycles. The summed E-state index contributed by atoms with van der Waals surface area (Å²) < 4.78 is 0. The van der Waals surface area contributed by atoms with E-state index in [0.29, 0.717) is 0 Å². The van der Waals surface area contributed by atoms with Crippen molar-refractivity contribution in [1.29, 1.82) is 0 Å². The van der Waals surface area contributed by atoms with Crippen molar-refractivity contribution in [2.24, 2.45) is 5.73 Å². The van der Waals surface area contributed by atoms with Crippen LogP contribution in [0.25, 0.3) is 0 Å². The van der Waals surface area contributed by atoms with Gasteiger partial charge in [-0.15, -0.1) is 0 Å². The maximum atomic E-state index is 5.99. The SMILES string of the molecule is CCCCCCCCCCCCCCCCCCCCCCNCCC(C)(C)N. The minimum Gasteiger partial charge on any atom is -0.326 e. The van der Waals surface area contributed by atoms with Gasteiger partial charge in [-0.1, -0.05) is 129 Å². The molecule has 0 bridgehead atoms. The van der Waals surface area contributed by atoms with Gasteiger partial charge in [0.15, 0.2) is 0 Å². The fraction of sp³-hybridized carbons (Fsp3) is 1.00. The van der Waals surface area contributed by atoms with Gasteiger partial charge in [0.25, 0.3) is 0 Å². The summed E-state index contributed by atoms with van der Waals surface area (Å²) in [5, 5.41) is 3.52. The number of rotatable bonds is 24. The number of nitrogens with one attached hydrogen (secondary N) is 1. The first-order valence-corrected chi connectivity index (χ1v) is 13.6. The van der Waals surface area contributed by atoms with Crippen LogP contribution in [0.15, 0.2) is 0 Å². The van der Waals surface area contributed by atoms with E-state index >= 15 is 0 Å². The predicted molar refractivity (Wildman–Crippen MR) is 134 cm³/mol. The molecule has 0 aliphatic carbocycles. The first kappa shape index (κ1) is 28.9. The lowest BCUT2D eigenvalue weighted by atomic mass is 10.0. The third-order valence-corrected chi connectivity index (χ3v) is 6.15. The average molecular weight is 411 g/mol. The molecule has 0 aliphatic rings. The molecule has 29 heavy (non-hydrogen) atoms. The molecule has 0 radical (unpaired) electrons. The van der Waals surface area contributed by atoms with Gasteiger partial charge in [0, 0.05) is 5.54 Å². The van der Waals surface area contributed by atoms with Gasteiger partial charge in [-0.25, -0.2) is 0 Å². The molecule has 0 aromatic heterocycles. The molecule has 0 saturated heterocycles. The van der Waals surface area contributed by atoms with E-state index < -0.39 is 0 Å². The summed E-state index contributed by atoms with van der Waals surface area (Å²) in [7, 11) is 0. The fourth-order valence-corrected chi connectivity index (χ4v) is 4.04. The van der Waals surface area contributed by atoms with Crippen LogP contribution in [0.1, 0.15) is 156 Å². The smallest absolute Gasteiger partial charge is 0.0109 e. The zero-order valence-electron chi connectivity index (χ0n) is 20.8. The van der Waals surface area contributed by atoms with Crippen LogP contribution >= 0.6 is 0 Å². The van der Waals surface area contributed by atoms with Crippen LogP contribution in [0.4, 0.5) is 0 Å². The van der Waals surface area contributed by atoms with Crippen molar-refractivity contribution >= 4 is 0 Å². The Morgan fingerprint density at radius 3 is 1.10 bits per heavy atom. The van der Waals surface area contributed by atoms with Gasteiger partial charge in [0.1, 0.15) is 0 Å². The van der Waals surface area contributed by atoms with E-state index in [4.69, 9.17) is 5.73 Å². The molecule has 176 valence electrons. The highest BCUT2D eigenvalue weighted by atomic mass is 14.9. The van der Waals surface area contributed by atoms with Gasteiger partial charge >= 0.3 is 0 Å². The van der Waals surface area contributed by atoms with Crippen LogP contribution in [0, 0.1) is 0 Å². The summed E-state index contributed by atoms with van der Waals surface area (Å²) in [6.45, 7) is 8.73. The summed E-state index contributed by atoms with van der Waals surface area (Å²) in [5.41, 5.74) is 5.96. The minimum absolute atomic E-state index is 0.0275. The molecule has 0 spiro atoms. The summed E-state index contributed by atoms with van der Waals surface area (Å²) in [4.78, 5) is 0. The van der Waals surface area contributed by atoms with Crippen LogP contribution in [-0.2, 0) is 0 Å². The van der Waals surface area contributed by atoms with Gasteiger partial charge in [0.05, 0.1) is 0 Å². The maximum Gasteiger partial charge on any atom is 0.0109 e. The fourth-order valence-electron chi connectivity index (χ4n) is 4.04. The molecule has 2 nitrogen and oxygen atoms in total. The molecule has 0 aliphatic heterocycles. The lowest BCUT2D eigenvalue weighted by molar-refractivity contribution is 0.450. The molecule has 0 rings (SSSR count). The van der Waals surface area contributed by atoms with Crippen molar-refractivity contribution in [3.8, 4) is 0 Å². The van der Waals surface area contributed by atoms with E-state index in [0.717, 1.165) is 19.5 Å². The summed E-state index contributed by atoms with van der Waals surface area (Å²) in [6.07, 6.45) is 30.0. The summed E-state index contributed by atoms with van der Waals surface area (Å²) in [5.74, 6) is 0. The monoisotopic (exact) mass is 410 g/mol. The first-order valence-electron chi connectivity index (χ1n) is 13.6. The third-order valence-electron chi connectivity index (χ3n) is 6.15. The highest BCUT2D eigenvalue weighted by Crippen LogP contribution is 2.14. The van der Waals surface area contributed by atoms with Gasteiger partial charge in [-0.05, 0) is 39.8 Å². The zero-order valence-corrected chi connectivity index (χ0v) is 20.8. The van der Waals surface area contributed by atoms with Crippen LogP contribution in [-0.4, -0.2) is 18.6 Å². The molecule has 0 fully saturated rings. The second-order valence-electron chi connectivity index (χ2n) is 10.2. The van der Waals surface area contributed by atoms with Crippen molar-refractivity contribution in [1.82, 2.24) is 5.32 Å². The summed E-state index contributed by atoms with van der Waals surface area (Å²) in [6, 6.07) is 0. The second-order valence-corrected chi connectivity index (χ2v) is 10.2. The van der Waals surface area contributed by atoms with Crippen molar-refractivity contribution in [3.05, 3.63) is 0 Å². The van der Waals surface area contributed by atoms with Crippen LogP contribution in [0.2, 0.25) is 0 Å². The molecule has 2 heteroatoms. The average Bonchev–Trinajstić information content (AvgIpc) is 2.67. The Labute approximate surface area is 185 Å².